The van der Waals surface area contributed by atoms with Gasteiger partial charge in [0.1, 0.15) is 18.1 Å². The lowest BCUT2D eigenvalue weighted by Crippen LogP contribution is -2.56. The first-order chi connectivity index (χ1) is 17.4. The number of amides is 3. The summed E-state index contributed by atoms with van der Waals surface area (Å²) in [7, 11) is 0. The first-order valence-corrected chi connectivity index (χ1v) is 11.7. The van der Waals surface area contributed by atoms with Crippen LogP contribution in [0.1, 0.15) is 24.1 Å². The van der Waals surface area contributed by atoms with Crippen LogP contribution in [0, 0.1) is 0 Å². The lowest BCUT2D eigenvalue weighted by atomic mass is 10.0. The number of aromatic amines is 2. The molecular formula is C24H29N7O5. The molecular weight excluding hydrogens is 466 g/mol. The highest BCUT2D eigenvalue weighted by Crippen LogP contribution is 2.20. The molecule has 3 unspecified atom stereocenters. The van der Waals surface area contributed by atoms with Crippen molar-refractivity contribution in [2.24, 2.45) is 5.73 Å². The molecule has 2 aromatic heterocycles. The summed E-state index contributed by atoms with van der Waals surface area (Å²) in [5.74, 6) is -2.68. The van der Waals surface area contributed by atoms with Crippen LogP contribution in [0.2, 0.25) is 0 Å². The second-order valence-electron chi connectivity index (χ2n) is 8.75. The molecule has 0 radical (unpaired) electrons. The second-order valence-corrected chi connectivity index (χ2v) is 8.75. The van der Waals surface area contributed by atoms with Crippen LogP contribution >= 0.6 is 0 Å². The standard InChI is InChI=1S/C24H29N7O5/c25-10-21(32)31-7-3-6-20(31)23(34)29-18(9-15-12-26-13-28-15)22(33)30-19(24(35)36)8-14-11-27-17-5-2-1-4-16(14)17/h1-2,4-5,11-13,18-20,27H,3,6-10,25H2,(H,26,28)(H,29,34)(H,30,33)(H,35,36). The molecule has 1 aromatic carbocycles. The zero-order valence-corrected chi connectivity index (χ0v) is 19.6. The van der Waals surface area contributed by atoms with E-state index in [-0.39, 0.29) is 25.3 Å². The fourth-order valence-electron chi connectivity index (χ4n) is 4.54. The molecule has 4 rings (SSSR count). The number of carboxylic acid groups (broad SMARTS) is 1. The van der Waals surface area contributed by atoms with E-state index in [0.717, 1.165) is 16.5 Å². The number of aromatic nitrogens is 3. The van der Waals surface area contributed by atoms with E-state index in [9.17, 15) is 24.3 Å². The Morgan fingerprint density at radius 2 is 1.94 bits per heavy atom. The van der Waals surface area contributed by atoms with E-state index in [0.29, 0.717) is 25.1 Å². The van der Waals surface area contributed by atoms with Crippen LogP contribution in [0.4, 0.5) is 0 Å². The molecule has 7 N–H and O–H groups in total. The smallest absolute Gasteiger partial charge is 0.326 e. The predicted octanol–water partition coefficient (Wildman–Crippen LogP) is -0.320. The number of nitrogens with zero attached hydrogens (tertiary/aromatic N) is 2. The van der Waals surface area contributed by atoms with Crippen molar-refractivity contribution in [3.8, 4) is 0 Å². The molecule has 190 valence electrons. The average molecular weight is 496 g/mol. The second kappa shape index (κ2) is 11.0. The van der Waals surface area contributed by atoms with E-state index >= 15 is 0 Å². The van der Waals surface area contributed by atoms with Gasteiger partial charge in [0.05, 0.1) is 12.9 Å². The molecule has 1 aliphatic heterocycles. The Balaban J connectivity index is 1.50. The molecule has 12 nitrogen and oxygen atoms in total. The first-order valence-electron chi connectivity index (χ1n) is 11.7. The number of nitrogens with two attached hydrogens (primary N) is 1. The monoisotopic (exact) mass is 495 g/mol. The molecule has 3 amide bonds. The lowest BCUT2D eigenvalue weighted by molar-refractivity contribution is -0.142. The van der Waals surface area contributed by atoms with E-state index in [4.69, 9.17) is 5.73 Å². The van der Waals surface area contributed by atoms with Crippen molar-refractivity contribution in [3.05, 3.63) is 54.2 Å². The fraction of sp³-hybridized carbons (Fsp3) is 0.375. The minimum absolute atomic E-state index is 0.0528. The predicted molar refractivity (Wildman–Crippen MR) is 130 cm³/mol. The van der Waals surface area contributed by atoms with Crippen molar-refractivity contribution < 1.29 is 24.3 Å². The topological polar surface area (TPSA) is 186 Å². The van der Waals surface area contributed by atoms with Gasteiger partial charge in [0.25, 0.3) is 0 Å². The van der Waals surface area contributed by atoms with Gasteiger partial charge in [-0.15, -0.1) is 0 Å². The van der Waals surface area contributed by atoms with Crippen molar-refractivity contribution >= 4 is 34.6 Å². The van der Waals surface area contributed by atoms with Crippen LogP contribution in [-0.4, -0.2) is 79.9 Å². The largest absolute Gasteiger partial charge is 0.480 e. The van der Waals surface area contributed by atoms with Crippen molar-refractivity contribution in [1.29, 1.82) is 0 Å². The number of H-pyrrole nitrogens is 2. The van der Waals surface area contributed by atoms with Crippen LogP contribution in [0.15, 0.2) is 43.0 Å². The van der Waals surface area contributed by atoms with Crippen molar-refractivity contribution in [3.63, 3.8) is 0 Å². The number of carbonyl (C=O) groups excluding carboxylic acids is 3. The van der Waals surface area contributed by atoms with Gasteiger partial charge in [0.2, 0.25) is 17.7 Å². The number of rotatable bonds is 10. The van der Waals surface area contributed by atoms with Crippen LogP contribution < -0.4 is 16.4 Å². The number of hydrogen-bond acceptors (Lipinski definition) is 6. The van der Waals surface area contributed by atoms with Gasteiger partial charge in [0.15, 0.2) is 0 Å². The van der Waals surface area contributed by atoms with Gasteiger partial charge >= 0.3 is 5.97 Å². The number of hydrogen-bond donors (Lipinski definition) is 6. The van der Waals surface area contributed by atoms with E-state index in [1.165, 1.54) is 17.4 Å². The van der Waals surface area contributed by atoms with Crippen LogP contribution in [0.25, 0.3) is 10.9 Å². The Labute approximate surface area is 206 Å². The normalized spacial score (nSPS) is 17.0. The molecule has 12 heteroatoms. The molecule has 3 atom stereocenters. The van der Waals surface area contributed by atoms with Gasteiger partial charge in [-0.05, 0) is 24.5 Å². The van der Waals surface area contributed by atoms with E-state index in [1.807, 2.05) is 24.3 Å². The maximum Gasteiger partial charge on any atom is 0.326 e. The minimum atomic E-state index is -1.22. The van der Waals surface area contributed by atoms with E-state index in [2.05, 4.69) is 25.6 Å². The Kier molecular flexibility index (Phi) is 7.64. The summed E-state index contributed by atoms with van der Waals surface area (Å²) >= 11 is 0. The molecule has 1 aliphatic rings. The number of aliphatic carboxylic acids is 1. The number of para-hydroxylation sites is 1. The summed E-state index contributed by atoms with van der Waals surface area (Å²) in [6, 6.07) is 4.43. The zero-order chi connectivity index (χ0) is 25.7. The number of nitrogens with one attached hydrogen (secondary N) is 4. The van der Waals surface area contributed by atoms with Gasteiger partial charge < -0.3 is 36.3 Å². The number of carboxylic acids is 1. The molecule has 3 heterocycles. The molecule has 1 saturated heterocycles. The third-order valence-electron chi connectivity index (χ3n) is 6.38. The number of likely N-dealkylation sites (tertiary alicyclic amines) is 1. The zero-order valence-electron chi connectivity index (χ0n) is 19.6. The van der Waals surface area contributed by atoms with Gasteiger partial charge in [-0.1, -0.05) is 18.2 Å². The van der Waals surface area contributed by atoms with Gasteiger partial charge in [-0.25, -0.2) is 9.78 Å². The van der Waals surface area contributed by atoms with Crippen LogP contribution in [0.5, 0.6) is 0 Å². The molecule has 1 fully saturated rings. The molecule has 0 saturated carbocycles. The number of benzene rings is 1. The number of fused-ring (bicyclic) bond motifs is 1. The summed E-state index contributed by atoms with van der Waals surface area (Å²) in [4.78, 5) is 61.8. The molecule has 0 spiro atoms. The Hall–Kier alpha value is -4.19. The summed E-state index contributed by atoms with van der Waals surface area (Å²) in [6.45, 7) is 0.202. The van der Waals surface area contributed by atoms with Crippen molar-refractivity contribution in [1.82, 2.24) is 30.5 Å². The first kappa shape index (κ1) is 24.9. The maximum atomic E-state index is 13.3. The molecule has 0 aliphatic carbocycles. The molecule has 0 bridgehead atoms. The molecule has 36 heavy (non-hydrogen) atoms. The van der Waals surface area contributed by atoms with Crippen LogP contribution in [0.3, 0.4) is 0 Å². The van der Waals surface area contributed by atoms with Gasteiger partial charge in [-0.3, -0.25) is 14.4 Å². The van der Waals surface area contributed by atoms with Gasteiger partial charge in [-0.2, -0.15) is 0 Å². The Morgan fingerprint density at radius 3 is 2.67 bits per heavy atom. The summed E-state index contributed by atoms with van der Waals surface area (Å²) < 4.78 is 0. The third-order valence-corrected chi connectivity index (χ3v) is 6.38. The van der Waals surface area contributed by atoms with Crippen molar-refractivity contribution in [2.75, 3.05) is 13.1 Å². The SMILES string of the molecule is NCC(=O)N1CCCC1C(=O)NC(Cc1cnc[nH]1)C(=O)NC(Cc1c[nH]c2ccccc12)C(=O)O. The lowest BCUT2D eigenvalue weighted by Gasteiger charge is -2.26. The Morgan fingerprint density at radius 1 is 1.14 bits per heavy atom. The summed E-state index contributed by atoms with van der Waals surface area (Å²) in [5.41, 5.74) is 7.66. The molecule has 3 aromatic rings. The Bertz CT molecular complexity index is 1240. The highest BCUT2D eigenvalue weighted by molar-refractivity contribution is 5.94. The van der Waals surface area contributed by atoms with Gasteiger partial charge in [0, 0.05) is 48.4 Å². The summed E-state index contributed by atoms with van der Waals surface area (Å²) in [6.07, 6.45) is 5.90. The minimum Gasteiger partial charge on any atom is -0.480 e. The average Bonchev–Trinajstić information content (AvgIpc) is 3.64. The quantitative estimate of drug-likeness (QED) is 0.222. The highest BCUT2D eigenvalue weighted by atomic mass is 16.4. The maximum absolute atomic E-state index is 13.3. The van der Waals surface area contributed by atoms with Crippen molar-refractivity contribution in [2.45, 2.75) is 43.8 Å². The van der Waals surface area contributed by atoms with E-state index in [1.54, 1.807) is 6.20 Å². The fourth-order valence-corrected chi connectivity index (χ4v) is 4.54. The number of imidazole rings is 1. The van der Waals surface area contributed by atoms with E-state index < -0.39 is 35.9 Å². The van der Waals surface area contributed by atoms with Crippen LogP contribution in [-0.2, 0) is 32.0 Å². The highest BCUT2D eigenvalue weighted by Gasteiger charge is 2.36. The summed E-state index contributed by atoms with van der Waals surface area (Å²) in [5, 5.41) is 16.0. The third kappa shape index (κ3) is 5.54. The number of carbonyl (C=O) groups is 4.